The molecular weight excluding hydrogens is 232 g/mol. The minimum Gasteiger partial charge on any atom is -0.299 e. The van der Waals surface area contributed by atoms with Gasteiger partial charge in [-0.2, -0.15) is 0 Å². The van der Waals surface area contributed by atoms with Gasteiger partial charge < -0.3 is 0 Å². The number of benzene rings is 1. The van der Waals surface area contributed by atoms with Gasteiger partial charge in [-0.1, -0.05) is 18.2 Å². The molecule has 0 saturated carbocycles. The van der Waals surface area contributed by atoms with E-state index in [4.69, 9.17) is 0 Å². The summed E-state index contributed by atoms with van der Waals surface area (Å²) in [6, 6.07) is 10.2. The van der Waals surface area contributed by atoms with Crippen molar-refractivity contribution in [3.8, 4) is 0 Å². The number of nitrogens with zero attached hydrogens (tertiary/aromatic N) is 2. The maximum absolute atomic E-state index is 11.6. The molecule has 1 aliphatic heterocycles. The third-order valence-corrected chi connectivity index (χ3v) is 4.25. The summed E-state index contributed by atoms with van der Waals surface area (Å²) in [6.07, 6.45) is 3.34. The Morgan fingerprint density at radius 1 is 1.35 bits per heavy atom. The van der Waals surface area contributed by atoms with Crippen molar-refractivity contribution >= 4 is 11.8 Å². The molecule has 0 amide bonds. The fourth-order valence-corrected chi connectivity index (χ4v) is 3.39. The molecule has 1 aliphatic rings. The summed E-state index contributed by atoms with van der Waals surface area (Å²) in [6.45, 7) is 0.719. The summed E-state index contributed by atoms with van der Waals surface area (Å²) < 4.78 is 1.69. The average molecular weight is 244 g/mol. The number of rotatable bonds is 2. The Balaban J connectivity index is 1.89. The summed E-state index contributed by atoms with van der Waals surface area (Å²) >= 11 is 1.87. The van der Waals surface area contributed by atoms with Crippen molar-refractivity contribution in [2.24, 2.45) is 0 Å². The summed E-state index contributed by atoms with van der Waals surface area (Å²) in [4.78, 5) is 16.7. The molecule has 1 unspecified atom stereocenters. The molecule has 17 heavy (non-hydrogen) atoms. The van der Waals surface area contributed by atoms with Crippen LogP contribution in [-0.4, -0.2) is 15.3 Å². The molecule has 0 radical (unpaired) electrons. The predicted octanol–water partition coefficient (Wildman–Crippen LogP) is 2.13. The van der Waals surface area contributed by atoms with Crippen LogP contribution >= 0.6 is 11.8 Å². The van der Waals surface area contributed by atoms with Crippen LogP contribution in [0.4, 0.5) is 0 Å². The second-order valence-electron chi connectivity index (χ2n) is 4.10. The lowest BCUT2D eigenvalue weighted by atomic mass is 10.0. The SMILES string of the molecule is O=c1ncccn1CC1CSc2ccccc21. The van der Waals surface area contributed by atoms with E-state index in [0.717, 1.165) is 12.3 Å². The molecule has 86 valence electrons. The predicted molar refractivity (Wildman–Crippen MR) is 68.4 cm³/mol. The minimum atomic E-state index is -0.165. The minimum absolute atomic E-state index is 0.165. The van der Waals surface area contributed by atoms with E-state index < -0.39 is 0 Å². The van der Waals surface area contributed by atoms with Gasteiger partial charge in [0.2, 0.25) is 0 Å². The van der Waals surface area contributed by atoms with E-state index >= 15 is 0 Å². The molecule has 1 atom stereocenters. The van der Waals surface area contributed by atoms with E-state index in [1.165, 1.54) is 16.7 Å². The highest BCUT2D eigenvalue weighted by Gasteiger charge is 2.23. The first-order valence-corrected chi connectivity index (χ1v) is 6.56. The molecule has 0 fully saturated rings. The van der Waals surface area contributed by atoms with Gasteiger partial charge in [0.1, 0.15) is 0 Å². The lowest BCUT2D eigenvalue weighted by Gasteiger charge is -2.11. The van der Waals surface area contributed by atoms with Crippen LogP contribution in [0.25, 0.3) is 0 Å². The van der Waals surface area contributed by atoms with Gasteiger partial charge in [0.15, 0.2) is 0 Å². The molecule has 0 saturated heterocycles. The first-order chi connectivity index (χ1) is 8.34. The number of hydrogen-bond acceptors (Lipinski definition) is 3. The molecule has 1 aromatic heterocycles. The highest BCUT2D eigenvalue weighted by Crippen LogP contribution is 2.39. The fraction of sp³-hybridized carbons (Fsp3) is 0.231. The van der Waals surface area contributed by atoms with Crippen LogP contribution in [0.3, 0.4) is 0 Å². The Kier molecular flexibility index (Phi) is 2.73. The smallest absolute Gasteiger partial charge is 0.299 e. The normalized spacial score (nSPS) is 18.0. The van der Waals surface area contributed by atoms with E-state index in [-0.39, 0.29) is 5.69 Å². The third-order valence-electron chi connectivity index (χ3n) is 3.00. The Hall–Kier alpha value is -1.55. The molecule has 3 rings (SSSR count). The Bertz CT molecular complexity index is 594. The van der Waals surface area contributed by atoms with Gasteiger partial charge in [-0.25, -0.2) is 9.78 Å². The van der Waals surface area contributed by atoms with Crippen molar-refractivity contribution in [2.45, 2.75) is 17.4 Å². The van der Waals surface area contributed by atoms with E-state index in [1.807, 2.05) is 11.8 Å². The Morgan fingerprint density at radius 3 is 3.12 bits per heavy atom. The van der Waals surface area contributed by atoms with Crippen molar-refractivity contribution < 1.29 is 0 Å². The zero-order valence-corrected chi connectivity index (χ0v) is 10.1. The second kappa shape index (κ2) is 4.37. The molecule has 2 heterocycles. The highest BCUT2D eigenvalue weighted by molar-refractivity contribution is 7.99. The van der Waals surface area contributed by atoms with Crippen LogP contribution in [0.15, 0.2) is 52.4 Å². The van der Waals surface area contributed by atoms with Gasteiger partial charge >= 0.3 is 5.69 Å². The standard InChI is InChI=1S/C13H12N2OS/c16-13-14-6-3-7-15(13)8-10-9-17-12-5-2-1-4-11(10)12/h1-7,10H,8-9H2. The topological polar surface area (TPSA) is 34.9 Å². The van der Waals surface area contributed by atoms with E-state index in [1.54, 1.807) is 16.8 Å². The van der Waals surface area contributed by atoms with Gasteiger partial charge in [0, 0.05) is 35.5 Å². The van der Waals surface area contributed by atoms with E-state index in [2.05, 4.69) is 29.2 Å². The van der Waals surface area contributed by atoms with Crippen molar-refractivity contribution in [1.82, 2.24) is 9.55 Å². The largest absolute Gasteiger partial charge is 0.347 e. The zero-order chi connectivity index (χ0) is 11.7. The molecule has 0 bridgehead atoms. The Labute approximate surface area is 104 Å². The van der Waals surface area contributed by atoms with Crippen molar-refractivity contribution in [3.63, 3.8) is 0 Å². The molecule has 0 aliphatic carbocycles. The molecule has 4 heteroatoms. The molecule has 0 N–H and O–H groups in total. The number of aromatic nitrogens is 2. The lowest BCUT2D eigenvalue weighted by molar-refractivity contribution is 0.575. The molecule has 3 nitrogen and oxygen atoms in total. The molecule has 2 aromatic rings. The zero-order valence-electron chi connectivity index (χ0n) is 9.24. The van der Waals surface area contributed by atoms with Crippen LogP contribution in [0.5, 0.6) is 0 Å². The van der Waals surface area contributed by atoms with Gasteiger partial charge in [-0.05, 0) is 17.7 Å². The van der Waals surface area contributed by atoms with Crippen molar-refractivity contribution in [3.05, 3.63) is 58.8 Å². The first kappa shape index (κ1) is 10.6. The molecular formula is C13H12N2OS. The average Bonchev–Trinajstić information content (AvgIpc) is 2.76. The quantitative estimate of drug-likeness (QED) is 0.811. The first-order valence-electron chi connectivity index (χ1n) is 5.58. The Morgan fingerprint density at radius 2 is 2.24 bits per heavy atom. The van der Waals surface area contributed by atoms with Crippen LogP contribution in [-0.2, 0) is 6.54 Å². The number of thioether (sulfide) groups is 1. The number of fused-ring (bicyclic) bond motifs is 1. The van der Waals surface area contributed by atoms with Gasteiger partial charge in [-0.15, -0.1) is 11.8 Å². The molecule has 1 aromatic carbocycles. The van der Waals surface area contributed by atoms with Crippen LogP contribution in [0.2, 0.25) is 0 Å². The van der Waals surface area contributed by atoms with Gasteiger partial charge in [0.05, 0.1) is 0 Å². The van der Waals surface area contributed by atoms with Crippen LogP contribution in [0.1, 0.15) is 11.5 Å². The van der Waals surface area contributed by atoms with Crippen LogP contribution < -0.4 is 5.69 Å². The summed E-state index contributed by atoms with van der Waals surface area (Å²) in [5.74, 6) is 1.46. The fourth-order valence-electron chi connectivity index (χ4n) is 2.14. The van der Waals surface area contributed by atoms with Gasteiger partial charge in [0.25, 0.3) is 0 Å². The lowest BCUT2D eigenvalue weighted by Crippen LogP contribution is -2.24. The highest BCUT2D eigenvalue weighted by atomic mass is 32.2. The maximum Gasteiger partial charge on any atom is 0.347 e. The number of hydrogen-bond donors (Lipinski definition) is 0. The van der Waals surface area contributed by atoms with E-state index in [0.29, 0.717) is 5.92 Å². The van der Waals surface area contributed by atoms with Gasteiger partial charge in [-0.3, -0.25) is 4.57 Å². The summed E-state index contributed by atoms with van der Waals surface area (Å²) in [5.41, 5.74) is 1.19. The summed E-state index contributed by atoms with van der Waals surface area (Å²) in [5, 5.41) is 0. The second-order valence-corrected chi connectivity index (χ2v) is 5.16. The van der Waals surface area contributed by atoms with E-state index in [9.17, 15) is 4.79 Å². The summed E-state index contributed by atoms with van der Waals surface area (Å²) in [7, 11) is 0. The molecule has 0 spiro atoms. The maximum atomic E-state index is 11.6. The third kappa shape index (κ3) is 2.00. The van der Waals surface area contributed by atoms with Crippen molar-refractivity contribution in [2.75, 3.05) is 5.75 Å². The van der Waals surface area contributed by atoms with Crippen molar-refractivity contribution in [1.29, 1.82) is 0 Å². The van der Waals surface area contributed by atoms with Crippen LogP contribution in [0, 0.1) is 0 Å². The monoisotopic (exact) mass is 244 g/mol.